The summed E-state index contributed by atoms with van der Waals surface area (Å²) in [6, 6.07) is 15.0. The van der Waals surface area contributed by atoms with E-state index in [4.69, 9.17) is 4.74 Å². The van der Waals surface area contributed by atoms with Gasteiger partial charge in [-0.1, -0.05) is 31.4 Å². The molecular formula is C23H28N2O3S. The summed E-state index contributed by atoms with van der Waals surface area (Å²) < 4.78 is 5.19. The van der Waals surface area contributed by atoms with Crippen LogP contribution in [0.25, 0.3) is 0 Å². The first-order valence-corrected chi connectivity index (χ1v) is 11.0. The summed E-state index contributed by atoms with van der Waals surface area (Å²) in [4.78, 5) is 26.0. The van der Waals surface area contributed by atoms with Gasteiger partial charge in [0.15, 0.2) is 0 Å². The molecule has 1 fully saturated rings. The van der Waals surface area contributed by atoms with Crippen molar-refractivity contribution in [2.24, 2.45) is 5.92 Å². The van der Waals surface area contributed by atoms with E-state index in [-0.39, 0.29) is 23.0 Å². The van der Waals surface area contributed by atoms with Crippen LogP contribution in [-0.4, -0.2) is 24.2 Å². The number of carbonyl (C=O) groups is 2. The molecule has 0 aromatic heterocycles. The molecule has 0 bridgehead atoms. The number of nitrogens with one attached hydrogen (secondary N) is 2. The van der Waals surface area contributed by atoms with E-state index < -0.39 is 0 Å². The first-order valence-electron chi connectivity index (χ1n) is 10.1. The number of hydrogen-bond acceptors (Lipinski definition) is 4. The molecule has 1 saturated carbocycles. The summed E-state index contributed by atoms with van der Waals surface area (Å²) in [5, 5.41) is 5.67. The van der Waals surface area contributed by atoms with Gasteiger partial charge >= 0.3 is 0 Å². The monoisotopic (exact) mass is 412 g/mol. The molecule has 1 atom stereocenters. The molecule has 0 saturated heterocycles. The summed E-state index contributed by atoms with van der Waals surface area (Å²) in [5.41, 5.74) is 1.49. The van der Waals surface area contributed by atoms with Gasteiger partial charge < -0.3 is 15.4 Å². The van der Waals surface area contributed by atoms with Crippen molar-refractivity contribution in [3.63, 3.8) is 0 Å². The second-order valence-corrected chi connectivity index (χ2v) is 8.75. The SMILES string of the molecule is COc1cccc(NC(=O)C(C)Sc2cccc(NC(=O)C3CCCCC3)c2)c1. The highest BCUT2D eigenvalue weighted by Gasteiger charge is 2.21. The van der Waals surface area contributed by atoms with Crippen LogP contribution in [0.15, 0.2) is 53.4 Å². The van der Waals surface area contributed by atoms with Gasteiger partial charge in [-0.05, 0) is 50.1 Å². The Hall–Kier alpha value is -2.47. The number of carbonyl (C=O) groups excluding carboxylic acids is 2. The fourth-order valence-electron chi connectivity index (χ4n) is 3.46. The van der Waals surface area contributed by atoms with E-state index >= 15 is 0 Å². The second-order valence-electron chi connectivity index (χ2n) is 7.33. The zero-order valence-electron chi connectivity index (χ0n) is 16.9. The van der Waals surface area contributed by atoms with E-state index in [2.05, 4.69) is 10.6 Å². The Bertz CT molecular complexity index is 850. The number of hydrogen-bond donors (Lipinski definition) is 2. The molecular weight excluding hydrogens is 384 g/mol. The van der Waals surface area contributed by atoms with E-state index in [9.17, 15) is 9.59 Å². The van der Waals surface area contributed by atoms with E-state index in [1.807, 2.05) is 49.4 Å². The molecule has 3 rings (SSSR count). The van der Waals surface area contributed by atoms with Gasteiger partial charge in [0.2, 0.25) is 11.8 Å². The molecule has 0 heterocycles. The number of amides is 2. The van der Waals surface area contributed by atoms with Crippen molar-refractivity contribution in [1.29, 1.82) is 0 Å². The van der Waals surface area contributed by atoms with E-state index in [1.54, 1.807) is 13.2 Å². The van der Waals surface area contributed by atoms with Crippen molar-refractivity contribution >= 4 is 35.0 Å². The Morgan fingerprint density at radius 2 is 1.69 bits per heavy atom. The minimum absolute atomic E-state index is 0.0834. The molecule has 5 nitrogen and oxygen atoms in total. The van der Waals surface area contributed by atoms with E-state index in [1.165, 1.54) is 18.2 Å². The van der Waals surface area contributed by atoms with E-state index in [0.29, 0.717) is 11.4 Å². The number of benzene rings is 2. The van der Waals surface area contributed by atoms with Crippen LogP contribution in [0.5, 0.6) is 5.75 Å². The summed E-state index contributed by atoms with van der Waals surface area (Å²) in [6.45, 7) is 1.87. The van der Waals surface area contributed by atoms with Crippen molar-refractivity contribution in [2.75, 3.05) is 17.7 Å². The number of rotatable bonds is 7. The predicted molar refractivity (Wildman–Crippen MR) is 119 cm³/mol. The van der Waals surface area contributed by atoms with Gasteiger partial charge in [-0.15, -0.1) is 11.8 Å². The molecule has 2 aromatic carbocycles. The first kappa shape index (κ1) is 21.2. The van der Waals surface area contributed by atoms with Crippen LogP contribution < -0.4 is 15.4 Å². The topological polar surface area (TPSA) is 67.4 Å². The van der Waals surface area contributed by atoms with Crippen molar-refractivity contribution in [2.45, 2.75) is 49.2 Å². The maximum absolute atomic E-state index is 12.5. The van der Waals surface area contributed by atoms with Gasteiger partial charge in [0.25, 0.3) is 0 Å². The standard InChI is InChI=1S/C23H28N2O3S/c1-16(22(26)24-18-10-6-12-20(14-18)28-2)29-21-13-7-11-19(15-21)25-23(27)17-8-4-3-5-9-17/h6-7,10-17H,3-5,8-9H2,1-2H3,(H,24,26)(H,25,27). The largest absolute Gasteiger partial charge is 0.497 e. The lowest BCUT2D eigenvalue weighted by Gasteiger charge is -2.21. The van der Waals surface area contributed by atoms with Crippen molar-refractivity contribution in [1.82, 2.24) is 0 Å². The third-order valence-electron chi connectivity index (χ3n) is 5.10. The smallest absolute Gasteiger partial charge is 0.237 e. The number of anilines is 2. The summed E-state index contributed by atoms with van der Waals surface area (Å²) >= 11 is 1.46. The van der Waals surface area contributed by atoms with Gasteiger partial charge in [-0.25, -0.2) is 0 Å². The number of methoxy groups -OCH3 is 1. The first-order chi connectivity index (χ1) is 14.0. The average molecular weight is 413 g/mol. The van der Waals surface area contributed by atoms with Crippen molar-refractivity contribution in [3.8, 4) is 5.75 Å². The molecule has 1 aliphatic rings. The lowest BCUT2D eigenvalue weighted by molar-refractivity contribution is -0.120. The van der Waals surface area contributed by atoms with Crippen molar-refractivity contribution in [3.05, 3.63) is 48.5 Å². The molecule has 0 spiro atoms. The minimum atomic E-state index is -0.287. The molecule has 2 N–H and O–H groups in total. The van der Waals surface area contributed by atoms with Crippen LogP contribution in [0, 0.1) is 5.92 Å². The quantitative estimate of drug-likeness (QED) is 0.603. The van der Waals surface area contributed by atoms with Gasteiger partial charge in [-0.2, -0.15) is 0 Å². The molecule has 1 aliphatic carbocycles. The molecule has 6 heteroatoms. The maximum atomic E-state index is 12.5. The molecule has 0 aliphatic heterocycles. The van der Waals surface area contributed by atoms with Gasteiger partial charge in [-0.3, -0.25) is 9.59 Å². The molecule has 2 aromatic rings. The maximum Gasteiger partial charge on any atom is 0.237 e. The Balaban J connectivity index is 1.57. The lowest BCUT2D eigenvalue weighted by Crippen LogP contribution is -2.24. The van der Waals surface area contributed by atoms with Crippen LogP contribution in [0.4, 0.5) is 11.4 Å². The zero-order valence-corrected chi connectivity index (χ0v) is 17.8. The van der Waals surface area contributed by atoms with Gasteiger partial charge in [0, 0.05) is 28.3 Å². The summed E-state index contributed by atoms with van der Waals surface area (Å²) in [6.07, 6.45) is 5.44. The van der Waals surface area contributed by atoms with Crippen LogP contribution in [0.2, 0.25) is 0 Å². The highest BCUT2D eigenvalue weighted by molar-refractivity contribution is 8.00. The normalized spacial score (nSPS) is 15.4. The average Bonchev–Trinajstić information content (AvgIpc) is 2.74. The number of ether oxygens (including phenoxy) is 1. The zero-order chi connectivity index (χ0) is 20.6. The second kappa shape index (κ2) is 10.3. The Morgan fingerprint density at radius 1 is 1.00 bits per heavy atom. The van der Waals surface area contributed by atoms with Gasteiger partial charge in [0.1, 0.15) is 5.75 Å². The Kier molecular flexibility index (Phi) is 7.58. The minimum Gasteiger partial charge on any atom is -0.497 e. The lowest BCUT2D eigenvalue weighted by atomic mass is 9.88. The predicted octanol–water partition coefficient (Wildman–Crippen LogP) is 5.33. The number of thioether (sulfide) groups is 1. The van der Waals surface area contributed by atoms with Gasteiger partial charge in [0.05, 0.1) is 12.4 Å². The summed E-state index contributed by atoms with van der Waals surface area (Å²) in [5.74, 6) is 0.840. The molecule has 29 heavy (non-hydrogen) atoms. The van der Waals surface area contributed by atoms with Crippen LogP contribution in [-0.2, 0) is 9.59 Å². The van der Waals surface area contributed by atoms with Crippen LogP contribution >= 0.6 is 11.8 Å². The molecule has 1 unspecified atom stereocenters. The van der Waals surface area contributed by atoms with E-state index in [0.717, 1.165) is 36.3 Å². The highest BCUT2D eigenvalue weighted by atomic mass is 32.2. The molecule has 0 radical (unpaired) electrons. The molecule has 2 amide bonds. The third kappa shape index (κ3) is 6.26. The Morgan fingerprint density at radius 3 is 2.41 bits per heavy atom. The highest BCUT2D eigenvalue weighted by Crippen LogP contribution is 2.29. The fourth-order valence-corrected chi connectivity index (χ4v) is 4.38. The summed E-state index contributed by atoms with van der Waals surface area (Å²) in [7, 11) is 1.60. The third-order valence-corrected chi connectivity index (χ3v) is 6.19. The molecule has 154 valence electrons. The van der Waals surface area contributed by atoms with Crippen LogP contribution in [0.3, 0.4) is 0 Å². The Labute approximate surface area is 176 Å². The fraction of sp³-hybridized carbons (Fsp3) is 0.391. The van der Waals surface area contributed by atoms with Crippen LogP contribution in [0.1, 0.15) is 39.0 Å². The van der Waals surface area contributed by atoms with Crippen molar-refractivity contribution < 1.29 is 14.3 Å².